The molecule has 1 spiro atoms. The molecule has 1 N–H and O–H groups in total. The van der Waals surface area contributed by atoms with E-state index in [2.05, 4.69) is 24.4 Å². The van der Waals surface area contributed by atoms with Crippen LogP contribution in [0.5, 0.6) is 0 Å². The zero-order valence-electron chi connectivity index (χ0n) is 12.2. The SMILES string of the molecule is CCOC1CC(NCc2ccccc2Cl)C12CCCC2. The van der Waals surface area contributed by atoms with Crippen LogP contribution in [-0.2, 0) is 11.3 Å². The first-order valence-electron chi connectivity index (χ1n) is 7.84. The number of ether oxygens (including phenoxy) is 1. The van der Waals surface area contributed by atoms with Crippen LogP contribution in [-0.4, -0.2) is 18.8 Å². The maximum Gasteiger partial charge on any atom is 0.0661 e. The van der Waals surface area contributed by atoms with Gasteiger partial charge in [0.15, 0.2) is 0 Å². The van der Waals surface area contributed by atoms with Gasteiger partial charge in [-0.25, -0.2) is 0 Å². The molecule has 2 saturated carbocycles. The highest BCUT2D eigenvalue weighted by molar-refractivity contribution is 6.31. The van der Waals surface area contributed by atoms with Crippen molar-refractivity contribution in [1.82, 2.24) is 5.32 Å². The van der Waals surface area contributed by atoms with Crippen LogP contribution in [0.15, 0.2) is 24.3 Å². The number of halogens is 1. The molecule has 1 aromatic carbocycles. The van der Waals surface area contributed by atoms with Gasteiger partial charge in [-0.2, -0.15) is 0 Å². The average molecular weight is 294 g/mol. The minimum Gasteiger partial charge on any atom is -0.378 e. The van der Waals surface area contributed by atoms with Gasteiger partial charge in [0.05, 0.1) is 6.10 Å². The first-order valence-corrected chi connectivity index (χ1v) is 8.22. The number of rotatable bonds is 5. The predicted octanol–water partition coefficient (Wildman–Crippen LogP) is 4.17. The summed E-state index contributed by atoms with van der Waals surface area (Å²) in [6.07, 6.45) is 6.97. The molecular weight excluding hydrogens is 270 g/mol. The Bertz CT molecular complexity index is 456. The van der Waals surface area contributed by atoms with Gasteiger partial charge in [-0.3, -0.25) is 0 Å². The molecule has 0 amide bonds. The summed E-state index contributed by atoms with van der Waals surface area (Å²) in [4.78, 5) is 0. The van der Waals surface area contributed by atoms with E-state index in [-0.39, 0.29) is 0 Å². The molecule has 0 aliphatic heterocycles. The van der Waals surface area contributed by atoms with E-state index in [1.807, 2.05) is 12.1 Å². The van der Waals surface area contributed by atoms with Crippen molar-refractivity contribution in [2.45, 2.75) is 57.7 Å². The summed E-state index contributed by atoms with van der Waals surface area (Å²) in [7, 11) is 0. The number of hydrogen-bond donors (Lipinski definition) is 1. The van der Waals surface area contributed by atoms with Crippen LogP contribution in [0, 0.1) is 5.41 Å². The molecule has 0 heterocycles. The van der Waals surface area contributed by atoms with Crippen LogP contribution in [0.4, 0.5) is 0 Å². The fourth-order valence-electron chi connectivity index (χ4n) is 4.05. The van der Waals surface area contributed by atoms with E-state index >= 15 is 0 Å². The minimum atomic E-state index is 0.400. The second-order valence-corrected chi connectivity index (χ2v) is 6.55. The van der Waals surface area contributed by atoms with Gasteiger partial charge in [-0.1, -0.05) is 42.6 Å². The summed E-state index contributed by atoms with van der Waals surface area (Å²) in [5, 5.41) is 4.60. The first-order chi connectivity index (χ1) is 9.76. The van der Waals surface area contributed by atoms with Crippen LogP contribution in [0.2, 0.25) is 5.02 Å². The Labute approximate surface area is 126 Å². The Hall–Kier alpha value is -0.570. The standard InChI is InChI=1S/C17H24ClNO/c1-2-20-16-11-15(17(16)9-5-6-10-17)19-12-13-7-3-4-8-14(13)18/h3-4,7-8,15-16,19H,2,5-6,9-12H2,1H3. The third-order valence-corrected chi connectivity index (χ3v) is 5.55. The lowest BCUT2D eigenvalue weighted by Gasteiger charge is -2.54. The van der Waals surface area contributed by atoms with Gasteiger partial charge < -0.3 is 10.1 Å². The topological polar surface area (TPSA) is 21.3 Å². The Morgan fingerprint density at radius 3 is 2.75 bits per heavy atom. The molecule has 2 aliphatic carbocycles. The van der Waals surface area contributed by atoms with Crippen molar-refractivity contribution >= 4 is 11.6 Å². The minimum absolute atomic E-state index is 0.400. The molecule has 0 bridgehead atoms. The molecule has 2 atom stereocenters. The quantitative estimate of drug-likeness (QED) is 0.880. The van der Waals surface area contributed by atoms with Crippen molar-refractivity contribution in [3.8, 4) is 0 Å². The molecule has 2 unspecified atom stereocenters. The maximum atomic E-state index is 6.23. The van der Waals surface area contributed by atoms with Crippen molar-refractivity contribution in [2.24, 2.45) is 5.41 Å². The molecule has 2 fully saturated rings. The van der Waals surface area contributed by atoms with Gasteiger partial charge in [0.2, 0.25) is 0 Å². The highest BCUT2D eigenvalue weighted by atomic mass is 35.5. The van der Waals surface area contributed by atoms with E-state index in [4.69, 9.17) is 16.3 Å². The molecule has 2 nitrogen and oxygen atoms in total. The second kappa shape index (κ2) is 6.05. The Morgan fingerprint density at radius 2 is 2.05 bits per heavy atom. The second-order valence-electron chi connectivity index (χ2n) is 6.14. The van der Waals surface area contributed by atoms with Gasteiger partial charge in [0.1, 0.15) is 0 Å². The smallest absolute Gasteiger partial charge is 0.0661 e. The third kappa shape index (κ3) is 2.49. The molecular formula is C17H24ClNO. The summed E-state index contributed by atoms with van der Waals surface area (Å²) in [5.41, 5.74) is 1.60. The van der Waals surface area contributed by atoms with E-state index in [9.17, 15) is 0 Å². The summed E-state index contributed by atoms with van der Waals surface area (Å²) in [5.74, 6) is 0. The normalized spacial score (nSPS) is 27.7. The third-order valence-electron chi connectivity index (χ3n) is 5.18. The first kappa shape index (κ1) is 14.4. The van der Waals surface area contributed by atoms with E-state index in [0.717, 1.165) is 24.6 Å². The molecule has 2 aliphatic rings. The maximum absolute atomic E-state index is 6.23. The fourth-order valence-corrected chi connectivity index (χ4v) is 4.25. The molecule has 1 aromatic rings. The monoisotopic (exact) mass is 293 g/mol. The zero-order valence-corrected chi connectivity index (χ0v) is 13.0. The number of hydrogen-bond acceptors (Lipinski definition) is 2. The van der Waals surface area contributed by atoms with E-state index < -0.39 is 0 Å². The molecule has 3 rings (SSSR count). The van der Waals surface area contributed by atoms with Gasteiger partial charge >= 0.3 is 0 Å². The Kier molecular flexibility index (Phi) is 4.34. The van der Waals surface area contributed by atoms with Gasteiger partial charge in [-0.05, 0) is 37.8 Å². The van der Waals surface area contributed by atoms with E-state index in [1.165, 1.54) is 31.2 Å². The lowest BCUT2D eigenvalue weighted by Crippen LogP contribution is -2.62. The summed E-state index contributed by atoms with van der Waals surface area (Å²) >= 11 is 6.23. The summed E-state index contributed by atoms with van der Waals surface area (Å²) < 4.78 is 5.96. The molecule has 0 radical (unpaired) electrons. The van der Waals surface area contributed by atoms with E-state index in [0.29, 0.717) is 17.6 Å². The fraction of sp³-hybridized carbons (Fsp3) is 0.647. The van der Waals surface area contributed by atoms with E-state index in [1.54, 1.807) is 0 Å². The van der Waals surface area contributed by atoms with Crippen molar-refractivity contribution in [3.63, 3.8) is 0 Å². The van der Waals surface area contributed by atoms with Gasteiger partial charge in [0.25, 0.3) is 0 Å². The van der Waals surface area contributed by atoms with Crippen molar-refractivity contribution in [1.29, 1.82) is 0 Å². The van der Waals surface area contributed by atoms with Crippen molar-refractivity contribution < 1.29 is 4.74 Å². The number of benzene rings is 1. The number of nitrogens with one attached hydrogen (secondary N) is 1. The van der Waals surface area contributed by atoms with Crippen LogP contribution < -0.4 is 5.32 Å². The molecule has 0 saturated heterocycles. The largest absolute Gasteiger partial charge is 0.378 e. The predicted molar refractivity (Wildman–Crippen MR) is 83.0 cm³/mol. The van der Waals surface area contributed by atoms with Crippen LogP contribution >= 0.6 is 11.6 Å². The summed E-state index contributed by atoms with van der Waals surface area (Å²) in [6.45, 7) is 3.81. The highest BCUT2D eigenvalue weighted by Gasteiger charge is 2.56. The summed E-state index contributed by atoms with van der Waals surface area (Å²) in [6, 6.07) is 8.71. The molecule has 20 heavy (non-hydrogen) atoms. The molecule has 110 valence electrons. The van der Waals surface area contributed by atoms with Crippen LogP contribution in [0.3, 0.4) is 0 Å². The Morgan fingerprint density at radius 1 is 1.30 bits per heavy atom. The molecule has 3 heteroatoms. The van der Waals surface area contributed by atoms with Gasteiger partial charge in [-0.15, -0.1) is 0 Å². The van der Waals surface area contributed by atoms with Crippen molar-refractivity contribution in [3.05, 3.63) is 34.9 Å². The highest BCUT2D eigenvalue weighted by Crippen LogP contribution is 2.54. The molecule has 0 aromatic heterocycles. The average Bonchev–Trinajstić information content (AvgIpc) is 2.96. The Balaban J connectivity index is 1.62. The van der Waals surface area contributed by atoms with Crippen molar-refractivity contribution in [2.75, 3.05) is 6.61 Å². The van der Waals surface area contributed by atoms with Crippen LogP contribution in [0.25, 0.3) is 0 Å². The van der Waals surface area contributed by atoms with Crippen LogP contribution in [0.1, 0.15) is 44.6 Å². The lowest BCUT2D eigenvalue weighted by atomic mass is 9.60. The lowest BCUT2D eigenvalue weighted by molar-refractivity contribution is -0.130. The zero-order chi connectivity index (χ0) is 14.0. The van der Waals surface area contributed by atoms with Gasteiger partial charge in [0, 0.05) is 29.6 Å².